The van der Waals surface area contributed by atoms with Crippen LogP contribution >= 0.6 is 0 Å². The molecule has 0 saturated heterocycles. The molecule has 3 rings (SSSR count). The number of fused-ring (bicyclic) bond motifs is 1. The van der Waals surface area contributed by atoms with E-state index < -0.39 is 35.1 Å². The first kappa shape index (κ1) is 22.0. The number of benzene rings is 2. The number of oxazole rings is 1. The molecule has 1 atom stereocenters. The van der Waals surface area contributed by atoms with E-state index in [1.807, 2.05) is 6.07 Å². The predicted octanol–water partition coefficient (Wildman–Crippen LogP) is 4.04. The molecule has 7 nitrogen and oxygen atoms in total. The van der Waals surface area contributed by atoms with Crippen LogP contribution in [-0.2, 0) is 18.2 Å². The number of rotatable bonds is 4. The van der Waals surface area contributed by atoms with Crippen LogP contribution in [0.2, 0.25) is 0 Å². The van der Waals surface area contributed by atoms with E-state index in [0.717, 1.165) is 12.1 Å². The van der Waals surface area contributed by atoms with Gasteiger partial charge < -0.3 is 14.5 Å². The average Bonchev–Trinajstić information content (AvgIpc) is 2.93. The number of carbonyl (C=O) groups excluding carboxylic acids is 1. The van der Waals surface area contributed by atoms with E-state index in [4.69, 9.17) is 9.15 Å². The number of hydrogen-bond donors (Lipinski definition) is 1. The van der Waals surface area contributed by atoms with Crippen LogP contribution in [0.3, 0.4) is 0 Å². The maximum atomic E-state index is 14.7. The number of amides is 1. The quantitative estimate of drug-likeness (QED) is 0.675. The van der Waals surface area contributed by atoms with Gasteiger partial charge in [0.2, 0.25) is 0 Å². The Labute approximate surface area is 176 Å². The predicted molar refractivity (Wildman–Crippen MR) is 109 cm³/mol. The van der Waals surface area contributed by atoms with Gasteiger partial charge >= 0.3 is 11.8 Å². The third-order valence-corrected chi connectivity index (χ3v) is 4.52. The number of halogens is 2. The molecule has 1 heterocycles. The third kappa shape index (κ3) is 4.91. The van der Waals surface area contributed by atoms with Gasteiger partial charge in [0.15, 0.2) is 11.7 Å². The van der Waals surface area contributed by atoms with Gasteiger partial charge in [0.05, 0.1) is 5.52 Å². The molecule has 9 heteroatoms. The Morgan fingerprint density at radius 2 is 1.97 bits per heavy atom. The number of nitrogens with zero attached hydrogens (tertiary/aromatic N) is 2. The van der Waals surface area contributed by atoms with Crippen LogP contribution in [0.4, 0.5) is 13.6 Å². The van der Waals surface area contributed by atoms with E-state index in [1.54, 1.807) is 20.8 Å². The summed E-state index contributed by atoms with van der Waals surface area (Å²) in [5.41, 5.74) is 0.382. The van der Waals surface area contributed by atoms with Crippen molar-refractivity contribution in [2.75, 3.05) is 0 Å². The van der Waals surface area contributed by atoms with E-state index >= 15 is 0 Å². The first-order valence-corrected chi connectivity index (χ1v) is 9.45. The lowest BCUT2D eigenvalue weighted by atomic mass is 10.00. The first-order chi connectivity index (χ1) is 14.5. The van der Waals surface area contributed by atoms with Crippen LogP contribution in [0.15, 0.2) is 39.5 Å². The van der Waals surface area contributed by atoms with E-state index in [-0.39, 0.29) is 28.7 Å². The molecule has 1 N–H and O–H groups in total. The summed E-state index contributed by atoms with van der Waals surface area (Å²) < 4.78 is 40.5. The number of nitriles is 1. The summed E-state index contributed by atoms with van der Waals surface area (Å²) in [7, 11) is 1.48. The van der Waals surface area contributed by atoms with Crippen molar-refractivity contribution >= 4 is 17.2 Å². The third-order valence-electron chi connectivity index (χ3n) is 4.52. The van der Waals surface area contributed by atoms with Gasteiger partial charge in [-0.1, -0.05) is 12.1 Å². The normalized spacial score (nSPS) is 12.4. The summed E-state index contributed by atoms with van der Waals surface area (Å²) in [6.07, 6.45) is -2.15. The highest BCUT2D eigenvalue weighted by atomic mass is 19.1. The smallest absolute Gasteiger partial charge is 0.419 e. The van der Waals surface area contributed by atoms with E-state index in [9.17, 15) is 23.6 Å². The average molecular weight is 429 g/mol. The van der Waals surface area contributed by atoms with E-state index in [1.165, 1.54) is 29.8 Å². The Kier molecular flexibility index (Phi) is 5.84. The first-order valence-electron chi connectivity index (χ1n) is 9.45. The fourth-order valence-electron chi connectivity index (χ4n) is 3.03. The second-order valence-electron chi connectivity index (χ2n) is 8.14. The number of aryl methyl sites for hydroxylation is 1. The maximum Gasteiger partial charge on any atom is 0.419 e. The summed E-state index contributed by atoms with van der Waals surface area (Å²) in [5.74, 6) is -1.99. The highest BCUT2D eigenvalue weighted by molar-refractivity contribution is 5.81. The van der Waals surface area contributed by atoms with Crippen LogP contribution in [0.25, 0.3) is 22.2 Å². The second kappa shape index (κ2) is 8.22. The van der Waals surface area contributed by atoms with Crippen molar-refractivity contribution in [1.82, 2.24) is 9.88 Å². The van der Waals surface area contributed by atoms with Gasteiger partial charge in [-0.3, -0.25) is 4.57 Å². The summed E-state index contributed by atoms with van der Waals surface area (Å²) in [6.45, 7) is 5.27. The topological polar surface area (TPSA) is 97.3 Å². The van der Waals surface area contributed by atoms with Crippen LogP contribution in [-0.4, -0.2) is 22.3 Å². The van der Waals surface area contributed by atoms with Crippen LogP contribution in [0, 0.1) is 23.0 Å². The fourth-order valence-corrected chi connectivity index (χ4v) is 3.03. The van der Waals surface area contributed by atoms with Gasteiger partial charge in [0, 0.05) is 30.6 Å². The Balaban J connectivity index is 1.85. The van der Waals surface area contributed by atoms with E-state index in [0.29, 0.717) is 5.52 Å². The number of hydrogen-bond acceptors (Lipinski definition) is 5. The molecule has 0 unspecified atom stereocenters. The number of carbonyl (C=O) groups is 1. The molecule has 0 radical (unpaired) electrons. The van der Waals surface area contributed by atoms with Gasteiger partial charge in [0.1, 0.15) is 17.7 Å². The monoisotopic (exact) mass is 429 g/mol. The highest BCUT2D eigenvalue weighted by Gasteiger charge is 2.21. The van der Waals surface area contributed by atoms with Crippen LogP contribution < -0.4 is 11.1 Å². The van der Waals surface area contributed by atoms with Gasteiger partial charge in [0.25, 0.3) is 0 Å². The van der Waals surface area contributed by atoms with Crippen LogP contribution in [0.5, 0.6) is 0 Å². The number of alkyl carbamates (subject to hydrolysis) is 1. The van der Waals surface area contributed by atoms with Gasteiger partial charge in [-0.25, -0.2) is 18.4 Å². The molecule has 0 aliphatic carbocycles. The van der Waals surface area contributed by atoms with Gasteiger partial charge in [-0.2, -0.15) is 5.26 Å². The van der Waals surface area contributed by atoms with Crippen molar-refractivity contribution < 1.29 is 22.7 Å². The number of ether oxygens (including phenoxy) is 1. The standard InChI is InChI=1S/C22H21F2N3O4/c1-22(2,3)26-20(28)30-14(11-25)7-13-6-5-12(8-16(13)23)15-9-18-19(10-17(15)24)31-21(29)27(18)4/h5-6,8-10,14H,7H2,1-4H3,(H,26,28)/t14-/m0/s1. The fraction of sp³-hybridized carbons (Fsp3) is 0.318. The maximum absolute atomic E-state index is 14.7. The molecular formula is C22H21F2N3O4. The summed E-state index contributed by atoms with van der Waals surface area (Å²) in [5, 5.41) is 11.8. The lowest BCUT2D eigenvalue weighted by molar-refractivity contribution is 0.114. The SMILES string of the molecule is Cn1c(=O)oc2cc(F)c(-c3ccc(C[C@@H](C#N)OC(=O)NC(C)(C)C)c(F)c3)cc21. The van der Waals surface area contributed by atoms with Crippen molar-refractivity contribution in [3.05, 3.63) is 58.1 Å². The lowest BCUT2D eigenvalue weighted by Crippen LogP contribution is -2.42. The van der Waals surface area contributed by atoms with Crippen molar-refractivity contribution in [1.29, 1.82) is 5.26 Å². The molecule has 162 valence electrons. The minimum Gasteiger partial charge on any atom is -0.430 e. The van der Waals surface area contributed by atoms with Crippen molar-refractivity contribution in [2.24, 2.45) is 7.05 Å². The Morgan fingerprint density at radius 3 is 2.58 bits per heavy atom. The molecule has 0 aliphatic heterocycles. The molecular weight excluding hydrogens is 408 g/mol. The molecule has 1 amide bonds. The molecule has 3 aromatic rings. The highest BCUT2D eigenvalue weighted by Crippen LogP contribution is 2.29. The Hall–Kier alpha value is -3.67. The zero-order valence-electron chi connectivity index (χ0n) is 17.5. The largest absolute Gasteiger partial charge is 0.430 e. The second-order valence-corrected chi connectivity index (χ2v) is 8.14. The lowest BCUT2D eigenvalue weighted by Gasteiger charge is -2.21. The summed E-state index contributed by atoms with van der Waals surface area (Å²) in [4.78, 5) is 23.5. The molecule has 0 fully saturated rings. The number of nitrogens with one attached hydrogen (secondary N) is 1. The minimum absolute atomic E-state index is 0.0898. The minimum atomic E-state index is -1.20. The Morgan fingerprint density at radius 1 is 1.26 bits per heavy atom. The molecule has 0 bridgehead atoms. The van der Waals surface area contributed by atoms with Crippen LogP contribution in [0.1, 0.15) is 26.3 Å². The Bertz CT molecular complexity index is 1250. The zero-order chi connectivity index (χ0) is 22.9. The van der Waals surface area contributed by atoms with Gasteiger partial charge in [-0.05, 0) is 44.0 Å². The summed E-state index contributed by atoms with van der Waals surface area (Å²) >= 11 is 0. The van der Waals surface area contributed by atoms with Crippen molar-refractivity contribution in [2.45, 2.75) is 38.8 Å². The van der Waals surface area contributed by atoms with E-state index in [2.05, 4.69) is 5.32 Å². The molecule has 0 saturated carbocycles. The van der Waals surface area contributed by atoms with Gasteiger partial charge in [-0.15, -0.1) is 0 Å². The molecule has 31 heavy (non-hydrogen) atoms. The molecule has 1 aromatic heterocycles. The number of aromatic nitrogens is 1. The molecule has 2 aromatic carbocycles. The summed E-state index contributed by atoms with van der Waals surface area (Å²) in [6, 6.07) is 8.32. The van der Waals surface area contributed by atoms with Crippen molar-refractivity contribution in [3.63, 3.8) is 0 Å². The molecule has 0 spiro atoms. The zero-order valence-corrected chi connectivity index (χ0v) is 17.5. The van der Waals surface area contributed by atoms with Crippen molar-refractivity contribution in [3.8, 4) is 17.2 Å². The molecule has 0 aliphatic rings.